The number of alkyl halides is 3. The first-order valence-electron chi connectivity index (χ1n) is 11.2. The molecule has 178 valence electrons. The molecule has 0 atom stereocenters. The van der Waals surface area contributed by atoms with E-state index in [9.17, 15) is 4.79 Å². The molecule has 1 fully saturated rings. The third-order valence-corrected chi connectivity index (χ3v) is 7.56. The number of hydrogen-bond donors (Lipinski definition) is 0. The smallest absolute Gasteiger partial charge is 0.409 e. The molecule has 0 bridgehead atoms. The highest BCUT2D eigenvalue weighted by Gasteiger charge is 2.41. The molecule has 0 radical (unpaired) electrons. The average molecular weight is 529 g/mol. The quantitative estimate of drug-likeness (QED) is 0.382. The largest absolute Gasteiger partial charge is 0.487 e. The Bertz CT molecular complexity index is 970. The van der Waals surface area contributed by atoms with E-state index in [4.69, 9.17) is 44.3 Å². The summed E-state index contributed by atoms with van der Waals surface area (Å²) >= 11 is 18.9. The van der Waals surface area contributed by atoms with E-state index < -0.39 is 9.89 Å². The standard InChI is InChI=1S/C25H28Cl3NO3S/c1-2-33-16-18-3-5-19(6-4-18)20-7-8-22-21(15-20)9-10-24(32-22)11-13-29(14-12-24)23(30)31-17-25(26,27)28/h3-8,15H,2,9-14,16-17H2,1H3. The van der Waals surface area contributed by atoms with Crippen molar-refractivity contribution < 1.29 is 14.3 Å². The Labute approximate surface area is 214 Å². The predicted octanol–water partition coefficient (Wildman–Crippen LogP) is 7.27. The molecular weight excluding hydrogens is 501 g/mol. The molecule has 2 aliphatic heterocycles. The number of nitrogens with zero attached hydrogens (tertiary/aromatic N) is 1. The fourth-order valence-corrected chi connectivity index (χ4v) is 5.19. The van der Waals surface area contributed by atoms with Crippen molar-refractivity contribution >= 4 is 52.7 Å². The van der Waals surface area contributed by atoms with Crippen LogP contribution in [0, 0.1) is 0 Å². The van der Waals surface area contributed by atoms with E-state index >= 15 is 0 Å². The van der Waals surface area contributed by atoms with Gasteiger partial charge in [-0.05, 0) is 53.0 Å². The lowest BCUT2D eigenvalue weighted by molar-refractivity contribution is -0.0141. The maximum absolute atomic E-state index is 12.2. The average Bonchev–Trinajstić information content (AvgIpc) is 2.81. The molecule has 0 unspecified atom stereocenters. The van der Waals surface area contributed by atoms with Crippen LogP contribution in [0.15, 0.2) is 42.5 Å². The summed E-state index contributed by atoms with van der Waals surface area (Å²) in [6.07, 6.45) is 2.97. The van der Waals surface area contributed by atoms with Crippen LogP contribution < -0.4 is 4.74 Å². The Morgan fingerprint density at radius 2 is 1.79 bits per heavy atom. The van der Waals surface area contributed by atoms with E-state index in [1.807, 2.05) is 11.8 Å². The zero-order chi connectivity index (χ0) is 23.5. The summed E-state index contributed by atoms with van der Waals surface area (Å²) in [5.74, 6) is 3.14. The minimum Gasteiger partial charge on any atom is -0.487 e. The van der Waals surface area contributed by atoms with Gasteiger partial charge in [-0.2, -0.15) is 11.8 Å². The van der Waals surface area contributed by atoms with Gasteiger partial charge in [-0.15, -0.1) is 0 Å². The topological polar surface area (TPSA) is 38.8 Å². The fraction of sp³-hybridized carbons (Fsp3) is 0.480. The van der Waals surface area contributed by atoms with Crippen LogP contribution in [-0.4, -0.2) is 45.8 Å². The maximum Gasteiger partial charge on any atom is 0.409 e. The van der Waals surface area contributed by atoms with Crippen molar-refractivity contribution in [3.8, 4) is 16.9 Å². The number of halogens is 3. The van der Waals surface area contributed by atoms with E-state index in [0.717, 1.165) is 42.9 Å². The van der Waals surface area contributed by atoms with Crippen LogP contribution >= 0.6 is 46.6 Å². The molecule has 8 heteroatoms. The van der Waals surface area contributed by atoms with Gasteiger partial charge >= 0.3 is 6.09 Å². The zero-order valence-corrected chi connectivity index (χ0v) is 21.7. The minimum atomic E-state index is -1.60. The molecule has 4 rings (SSSR count). The van der Waals surface area contributed by atoms with Crippen molar-refractivity contribution in [1.29, 1.82) is 0 Å². The van der Waals surface area contributed by atoms with Crippen LogP contribution in [0.1, 0.15) is 37.3 Å². The summed E-state index contributed by atoms with van der Waals surface area (Å²) in [7, 11) is 0. The summed E-state index contributed by atoms with van der Waals surface area (Å²) in [5.41, 5.74) is 4.81. The van der Waals surface area contributed by atoms with Crippen LogP contribution in [0.3, 0.4) is 0 Å². The Hall–Kier alpha value is -1.27. The van der Waals surface area contributed by atoms with Gasteiger partial charge in [0.2, 0.25) is 3.79 Å². The highest BCUT2D eigenvalue weighted by atomic mass is 35.6. The first-order chi connectivity index (χ1) is 15.8. The lowest BCUT2D eigenvalue weighted by Gasteiger charge is -2.44. The first kappa shape index (κ1) is 24.8. The second kappa shape index (κ2) is 10.6. The molecule has 4 nitrogen and oxygen atoms in total. The van der Waals surface area contributed by atoms with Crippen molar-refractivity contribution in [3.63, 3.8) is 0 Å². The highest BCUT2D eigenvalue weighted by Crippen LogP contribution is 2.41. The van der Waals surface area contributed by atoms with Crippen molar-refractivity contribution in [2.75, 3.05) is 25.4 Å². The van der Waals surface area contributed by atoms with E-state index in [1.165, 1.54) is 22.3 Å². The second-order valence-corrected chi connectivity index (χ2v) is 12.4. The van der Waals surface area contributed by atoms with E-state index in [1.54, 1.807) is 4.90 Å². The van der Waals surface area contributed by atoms with Crippen LogP contribution in [0.2, 0.25) is 0 Å². The lowest BCUT2D eigenvalue weighted by Crippen LogP contribution is -2.51. The number of fused-ring (bicyclic) bond motifs is 1. The summed E-state index contributed by atoms with van der Waals surface area (Å²) in [6, 6.07) is 15.3. The van der Waals surface area contributed by atoms with Crippen LogP contribution in [-0.2, 0) is 16.9 Å². The molecule has 1 amide bonds. The third-order valence-electron chi connectivity index (χ3n) is 6.29. The molecule has 33 heavy (non-hydrogen) atoms. The van der Waals surface area contributed by atoms with Crippen molar-refractivity contribution in [2.45, 2.75) is 47.8 Å². The van der Waals surface area contributed by atoms with Gasteiger partial charge in [-0.1, -0.05) is 72.1 Å². The van der Waals surface area contributed by atoms with Gasteiger partial charge in [-0.3, -0.25) is 0 Å². The van der Waals surface area contributed by atoms with Gasteiger partial charge in [0.15, 0.2) is 0 Å². The van der Waals surface area contributed by atoms with Crippen LogP contribution in [0.5, 0.6) is 5.75 Å². The number of ether oxygens (including phenoxy) is 2. The second-order valence-electron chi connectivity index (χ2n) is 8.60. The van der Waals surface area contributed by atoms with E-state index in [2.05, 4.69) is 49.4 Å². The number of rotatable bonds is 5. The molecule has 2 aromatic carbocycles. The predicted molar refractivity (Wildman–Crippen MR) is 138 cm³/mol. The highest BCUT2D eigenvalue weighted by molar-refractivity contribution is 7.98. The lowest BCUT2D eigenvalue weighted by atomic mass is 9.82. The SMILES string of the molecule is CCSCc1ccc(-c2ccc3c(c2)CCC2(CCN(C(=O)OCC(Cl)(Cl)Cl)CC2)O3)cc1. The summed E-state index contributed by atoms with van der Waals surface area (Å²) in [5, 5.41) is 0. The fourth-order valence-electron chi connectivity index (χ4n) is 4.40. The number of likely N-dealkylation sites (tertiary alicyclic amines) is 1. The number of aryl methyl sites for hydroxylation is 1. The van der Waals surface area contributed by atoms with Crippen molar-refractivity contribution in [2.24, 2.45) is 0 Å². The normalized spacial score (nSPS) is 17.4. The van der Waals surface area contributed by atoms with Crippen molar-refractivity contribution in [3.05, 3.63) is 53.6 Å². The summed E-state index contributed by atoms with van der Waals surface area (Å²) < 4.78 is 10.0. The Balaban J connectivity index is 1.36. The first-order valence-corrected chi connectivity index (χ1v) is 13.5. The van der Waals surface area contributed by atoms with Gasteiger partial charge in [0.1, 0.15) is 18.0 Å². The van der Waals surface area contributed by atoms with Crippen LogP contribution in [0.25, 0.3) is 11.1 Å². The van der Waals surface area contributed by atoms with E-state index in [0.29, 0.717) is 13.1 Å². The molecular formula is C25H28Cl3NO3S. The van der Waals surface area contributed by atoms with Gasteiger partial charge in [0, 0.05) is 31.7 Å². The zero-order valence-electron chi connectivity index (χ0n) is 18.6. The van der Waals surface area contributed by atoms with Gasteiger partial charge in [-0.25, -0.2) is 4.79 Å². The number of carbonyl (C=O) groups is 1. The Kier molecular flexibility index (Phi) is 7.95. The molecule has 0 aliphatic carbocycles. The molecule has 0 N–H and O–H groups in total. The molecule has 2 heterocycles. The van der Waals surface area contributed by atoms with Gasteiger partial charge in [0.05, 0.1) is 0 Å². The number of amides is 1. The minimum absolute atomic E-state index is 0.237. The number of carbonyl (C=O) groups excluding carboxylic acids is 1. The maximum atomic E-state index is 12.2. The summed E-state index contributed by atoms with van der Waals surface area (Å²) in [6.45, 7) is 3.05. The van der Waals surface area contributed by atoms with Crippen LogP contribution in [0.4, 0.5) is 4.79 Å². The number of thioether (sulfide) groups is 1. The van der Waals surface area contributed by atoms with Crippen molar-refractivity contribution in [1.82, 2.24) is 4.90 Å². The number of benzene rings is 2. The number of hydrogen-bond acceptors (Lipinski definition) is 4. The summed E-state index contributed by atoms with van der Waals surface area (Å²) in [4.78, 5) is 13.9. The molecule has 1 spiro atoms. The monoisotopic (exact) mass is 527 g/mol. The molecule has 2 aromatic rings. The number of piperidine rings is 1. The van der Waals surface area contributed by atoms with E-state index in [-0.39, 0.29) is 12.2 Å². The third kappa shape index (κ3) is 6.45. The Morgan fingerprint density at radius 1 is 1.09 bits per heavy atom. The molecule has 0 saturated carbocycles. The molecule has 1 saturated heterocycles. The molecule has 2 aliphatic rings. The Morgan fingerprint density at radius 3 is 2.45 bits per heavy atom. The molecule has 0 aromatic heterocycles. The van der Waals surface area contributed by atoms with Gasteiger partial charge < -0.3 is 14.4 Å². The van der Waals surface area contributed by atoms with Gasteiger partial charge in [0.25, 0.3) is 0 Å².